The molecule has 3 atom stereocenters. The topological polar surface area (TPSA) is 104 Å². The first kappa shape index (κ1) is 48.3. The third kappa shape index (κ3) is 16.3. The molecular weight excluding hydrogens is 697 g/mol. The van der Waals surface area contributed by atoms with E-state index in [1.807, 2.05) is 121 Å². The summed E-state index contributed by atoms with van der Waals surface area (Å²) in [6, 6.07) is 0. The van der Waals surface area contributed by atoms with Gasteiger partial charge >= 0.3 is 5.97 Å². The molecule has 0 bridgehead atoms. The number of esters is 1. The van der Waals surface area contributed by atoms with E-state index in [1.54, 1.807) is 12.2 Å². The number of Topliss-reactive ketones (excluding diaryl/α,β-unsaturated/α-hetero) is 1. The molecule has 0 heterocycles. The molecule has 2 aliphatic carbocycles. The van der Waals surface area contributed by atoms with Crippen molar-refractivity contribution in [1.29, 1.82) is 0 Å². The first-order chi connectivity index (χ1) is 26.3. The summed E-state index contributed by atoms with van der Waals surface area (Å²) in [6.07, 6.45) is 35.9. The van der Waals surface area contributed by atoms with Crippen LogP contribution in [0.4, 0.5) is 0 Å². The van der Waals surface area contributed by atoms with Gasteiger partial charge in [0.15, 0.2) is 5.78 Å². The van der Waals surface area contributed by atoms with Gasteiger partial charge in [0.1, 0.15) is 12.2 Å². The van der Waals surface area contributed by atoms with E-state index in [9.17, 15) is 24.9 Å². The molecule has 0 aromatic heterocycles. The molecule has 0 aromatic carbocycles. The summed E-state index contributed by atoms with van der Waals surface area (Å²) < 4.78 is 5.54. The van der Waals surface area contributed by atoms with E-state index in [-0.39, 0.29) is 24.2 Å². The lowest BCUT2D eigenvalue weighted by molar-refractivity contribution is -0.137. The molecule has 3 N–H and O–H groups in total. The molecule has 0 radical (unpaired) electrons. The third-order valence-corrected chi connectivity index (χ3v) is 11.0. The number of hydrogen-bond acceptors (Lipinski definition) is 6. The van der Waals surface area contributed by atoms with Gasteiger partial charge in [-0.2, -0.15) is 0 Å². The SMILES string of the molecule is CCCCCCC/C=C/C(=O)OC\C(=C/C=C/C(C)=C/C=C/C=C(C)/C=C/C=C(C)/C=C/C1(O)C(C)=C[C@H](O)CC1(C)C)C(=O)CC1=C(C)C[C@@H](O)CC1(C)C. The van der Waals surface area contributed by atoms with Crippen LogP contribution in [0.1, 0.15) is 133 Å². The Morgan fingerprint density at radius 2 is 1.39 bits per heavy atom. The highest BCUT2D eigenvalue weighted by Crippen LogP contribution is 2.45. The van der Waals surface area contributed by atoms with Crippen LogP contribution in [0.15, 0.2) is 130 Å². The van der Waals surface area contributed by atoms with Crippen molar-refractivity contribution in [2.45, 2.75) is 151 Å². The summed E-state index contributed by atoms with van der Waals surface area (Å²) in [5, 5.41) is 31.9. The molecule has 0 aliphatic heterocycles. The second kappa shape index (κ2) is 23.4. The minimum absolute atomic E-state index is 0.0871. The highest BCUT2D eigenvalue weighted by Gasteiger charge is 2.46. The van der Waals surface area contributed by atoms with Crippen molar-refractivity contribution in [3.63, 3.8) is 0 Å². The number of aliphatic hydroxyl groups is 3. The van der Waals surface area contributed by atoms with Crippen molar-refractivity contribution >= 4 is 11.8 Å². The molecule has 6 heteroatoms. The number of aliphatic hydroxyl groups excluding tert-OH is 2. The standard InChI is InChI=1S/C50H72O6/c1-11-12-13-14-15-16-17-28-47(54)56-36-42(46(53)33-45-40(5)31-43(51)34-48(45,7)8)27-21-26-38(3)23-19-18-22-37(2)24-20-25-39(4)29-30-50(55)41(6)32-44(52)35-49(50,9)10/h17-30,32,43-44,51-52,55H,11-16,31,33-36H2,1-10H3/b19-18+,24-20+,26-21+,28-17+,30-29+,37-22+,38-23+,39-25+,42-27+/t43-,44+,50?/m1/s1. The van der Waals surface area contributed by atoms with Gasteiger partial charge in [-0.25, -0.2) is 4.79 Å². The number of carbonyl (C=O) groups is 2. The maximum Gasteiger partial charge on any atom is 0.330 e. The van der Waals surface area contributed by atoms with Gasteiger partial charge in [0.05, 0.1) is 12.2 Å². The van der Waals surface area contributed by atoms with Gasteiger partial charge in [-0.15, -0.1) is 0 Å². The van der Waals surface area contributed by atoms with Crippen LogP contribution < -0.4 is 0 Å². The lowest BCUT2D eigenvalue weighted by atomic mass is 9.64. The molecule has 0 saturated heterocycles. The Hall–Kier alpha value is -3.84. The molecule has 308 valence electrons. The van der Waals surface area contributed by atoms with Gasteiger partial charge in [-0.1, -0.05) is 167 Å². The fraction of sp³-hybridized carbons (Fsp3) is 0.520. The van der Waals surface area contributed by atoms with Crippen molar-refractivity contribution in [3.05, 3.63) is 130 Å². The van der Waals surface area contributed by atoms with E-state index in [2.05, 4.69) is 20.8 Å². The monoisotopic (exact) mass is 769 g/mol. The highest BCUT2D eigenvalue weighted by atomic mass is 16.5. The molecule has 6 nitrogen and oxygen atoms in total. The second-order valence-corrected chi connectivity index (χ2v) is 17.1. The quantitative estimate of drug-likeness (QED) is 0.0375. The molecule has 0 amide bonds. The summed E-state index contributed by atoms with van der Waals surface area (Å²) >= 11 is 0. The van der Waals surface area contributed by atoms with E-state index in [0.717, 1.165) is 52.7 Å². The van der Waals surface area contributed by atoms with Crippen LogP contribution in [-0.4, -0.2) is 51.5 Å². The number of hydrogen-bond donors (Lipinski definition) is 3. The van der Waals surface area contributed by atoms with E-state index >= 15 is 0 Å². The maximum absolute atomic E-state index is 13.7. The number of carbonyl (C=O) groups excluding carboxylic acids is 2. The lowest BCUT2D eigenvalue weighted by Crippen LogP contribution is -2.48. The molecule has 0 fully saturated rings. The fourth-order valence-corrected chi connectivity index (χ4v) is 7.51. The number of unbranched alkanes of at least 4 members (excludes halogenated alkanes) is 5. The lowest BCUT2D eigenvalue weighted by Gasteiger charge is -2.46. The summed E-state index contributed by atoms with van der Waals surface area (Å²) in [4.78, 5) is 26.2. The highest BCUT2D eigenvalue weighted by molar-refractivity contribution is 5.98. The second-order valence-electron chi connectivity index (χ2n) is 17.1. The Balaban J connectivity index is 2.09. The fourth-order valence-electron chi connectivity index (χ4n) is 7.51. The number of ether oxygens (including phenoxy) is 1. The maximum atomic E-state index is 13.7. The molecule has 0 spiro atoms. The normalized spacial score (nSPS) is 24.1. The van der Waals surface area contributed by atoms with Gasteiger partial charge in [-0.05, 0) is 83.8 Å². The van der Waals surface area contributed by atoms with Crippen LogP contribution in [0.25, 0.3) is 0 Å². The summed E-state index contributed by atoms with van der Waals surface area (Å²) in [5.74, 6) is -0.538. The Bertz CT molecular complexity index is 1680. The molecule has 1 unspecified atom stereocenters. The minimum Gasteiger partial charge on any atom is -0.458 e. The van der Waals surface area contributed by atoms with Gasteiger partial charge in [-0.3, -0.25) is 4.79 Å². The zero-order valence-electron chi connectivity index (χ0n) is 36.2. The Morgan fingerprint density at radius 3 is 2.00 bits per heavy atom. The zero-order chi connectivity index (χ0) is 41.9. The summed E-state index contributed by atoms with van der Waals surface area (Å²) in [7, 11) is 0. The summed E-state index contributed by atoms with van der Waals surface area (Å²) in [6.45, 7) is 20.0. The van der Waals surface area contributed by atoms with Gasteiger partial charge in [0.2, 0.25) is 0 Å². The van der Waals surface area contributed by atoms with Crippen molar-refractivity contribution < 1.29 is 29.6 Å². The number of allylic oxidation sites excluding steroid dienone is 16. The molecule has 0 aromatic rings. The first-order valence-corrected chi connectivity index (χ1v) is 20.6. The van der Waals surface area contributed by atoms with Crippen molar-refractivity contribution in [2.75, 3.05) is 6.61 Å². The Kier molecular flexibility index (Phi) is 20.2. The van der Waals surface area contributed by atoms with E-state index in [4.69, 9.17) is 4.74 Å². The zero-order valence-corrected chi connectivity index (χ0v) is 36.2. The molecule has 56 heavy (non-hydrogen) atoms. The van der Waals surface area contributed by atoms with Gasteiger partial charge in [0, 0.05) is 23.5 Å². The van der Waals surface area contributed by atoms with E-state index in [0.29, 0.717) is 24.8 Å². The summed E-state index contributed by atoms with van der Waals surface area (Å²) in [5.41, 5.74) is 4.45. The van der Waals surface area contributed by atoms with Gasteiger partial charge < -0.3 is 20.1 Å². The van der Waals surface area contributed by atoms with Crippen LogP contribution >= 0.6 is 0 Å². The Morgan fingerprint density at radius 1 is 0.804 bits per heavy atom. The van der Waals surface area contributed by atoms with E-state index < -0.39 is 29.2 Å². The van der Waals surface area contributed by atoms with Crippen LogP contribution in [0, 0.1) is 10.8 Å². The molecule has 2 rings (SSSR count). The van der Waals surface area contributed by atoms with Crippen molar-refractivity contribution in [1.82, 2.24) is 0 Å². The average molecular weight is 769 g/mol. The molecule has 2 aliphatic rings. The molecular formula is C50H72O6. The van der Waals surface area contributed by atoms with Crippen molar-refractivity contribution in [2.24, 2.45) is 10.8 Å². The Labute approximate surface area is 339 Å². The number of rotatable bonds is 20. The molecule has 0 saturated carbocycles. The predicted molar refractivity (Wildman–Crippen MR) is 234 cm³/mol. The van der Waals surface area contributed by atoms with Crippen LogP contribution in [0.3, 0.4) is 0 Å². The largest absolute Gasteiger partial charge is 0.458 e. The average Bonchev–Trinajstić information content (AvgIpc) is 3.10. The third-order valence-electron chi connectivity index (χ3n) is 11.0. The van der Waals surface area contributed by atoms with Crippen LogP contribution in [0.2, 0.25) is 0 Å². The van der Waals surface area contributed by atoms with Crippen LogP contribution in [0.5, 0.6) is 0 Å². The predicted octanol–water partition coefficient (Wildman–Crippen LogP) is 11.4. The van der Waals surface area contributed by atoms with Crippen molar-refractivity contribution in [3.8, 4) is 0 Å². The number of ketones is 1. The first-order valence-electron chi connectivity index (χ1n) is 20.6. The van der Waals surface area contributed by atoms with Gasteiger partial charge in [0.25, 0.3) is 0 Å². The minimum atomic E-state index is -1.11. The van der Waals surface area contributed by atoms with Crippen LogP contribution in [-0.2, 0) is 14.3 Å². The smallest absolute Gasteiger partial charge is 0.330 e. The van der Waals surface area contributed by atoms with E-state index in [1.165, 1.54) is 25.3 Å².